The smallest absolute Gasteiger partial charge is 0.306 e. The van der Waals surface area contributed by atoms with Crippen molar-refractivity contribution in [1.82, 2.24) is 0 Å². The van der Waals surface area contributed by atoms with Gasteiger partial charge in [-0.3, -0.25) is 14.4 Å². The van der Waals surface area contributed by atoms with E-state index < -0.39 is 6.10 Å². The van der Waals surface area contributed by atoms with E-state index in [9.17, 15) is 14.4 Å². The van der Waals surface area contributed by atoms with Gasteiger partial charge in [-0.2, -0.15) is 0 Å². The van der Waals surface area contributed by atoms with Crippen LogP contribution in [-0.2, 0) is 28.6 Å². The van der Waals surface area contributed by atoms with E-state index in [0.29, 0.717) is 19.3 Å². The number of esters is 3. The van der Waals surface area contributed by atoms with Gasteiger partial charge in [0.05, 0.1) is 0 Å². The predicted octanol–water partition coefficient (Wildman–Crippen LogP) is 20.2. The number of rotatable bonds is 55. The molecule has 0 aromatic rings. The normalized spacial score (nSPS) is 12.3. The van der Waals surface area contributed by atoms with E-state index in [4.69, 9.17) is 14.2 Å². The fourth-order valence-corrected chi connectivity index (χ4v) is 8.78. The van der Waals surface area contributed by atoms with Gasteiger partial charge >= 0.3 is 17.9 Å². The summed E-state index contributed by atoms with van der Waals surface area (Å²) in [6, 6.07) is 0. The summed E-state index contributed by atoms with van der Waals surface area (Å²) in [4.78, 5) is 38.2. The zero-order valence-corrected chi connectivity index (χ0v) is 46.1. The molecule has 0 bridgehead atoms. The largest absolute Gasteiger partial charge is 0.462 e. The lowest BCUT2D eigenvalue weighted by molar-refractivity contribution is -0.167. The van der Waals surface area contributed by atoms with E-state index in [0.717, 1.165) is 70.6 Å². The fraction of sp³-hybridized carbons (Fsp3) is 0.825. The SMILES string of the molecule is CCCCC/C=C\C=C/CCCCCCCCCCCCC(=O)OCC(COC(=O)CCCCCCCCCCCCCCCCCC)OC(=O)CCCCC/C=C\C=C/CCCCCCCCC. The molecule has 0 aliphatic heterocycles. The Morgan fingerprint density at radius 3 is 0.812 bits per heavy atom. The van der Waals surface area contributed by atoms with Crippen LogP contribution < -0.4 is 0 Å². The van der Waals surface area contributed by atoms with Crippen molar-refractivity contribution in [2.24, 2.45) is 0 Å². The first-order chi connectivity index (χ1) is 34.0. The summed E-state index contributed by atoms with van der Waals surface area (Å²) in [5.41, 5.74) is 0. The Labute approximate surface area is 428 Å². The summed E-state index contributed by atoms with van der Waals surface area (Å²) >= 11 is 0. The summed E-state index contributed by atoms with van der Waals surface area (Å²) in [7, 11) is 0. The molecule has 0 aromatic carbocycles. The predicted molar refractivity (Wildman–Crippen MR) is 298 cm³/mol. The third kappa shape index (κ3) is 56.2. The van der Waals surface area contributed by atoms with Gasteiger partial charge in [0.2, 0.25) is 0 Å². The van der Waals surface area contributed by atoms with Gasteiger partial charge < -0.3 is 14.2 Å². The highest BCUT2D eigenvalue weighted by Crippen LogP contribution is 2.16. The summed E-state index contributed by atoms with van der Waals surface area (Å²) in [6.07, 6.45) is 71.0. The summed E-state index contributed by atoms with van der Waals surface area (Å²) < 4.78 is 16.9. The molecule has 0 saturated carbocycles. The lowest BCUT2D eigenvalue weighted by atomic mass is 10.0. The molecule has 0 fully saturated rings. The summed E-state index contributed by atoms with van der Waals surface area (Å²) in [6.45, 7) is 6.63. The van der Waals surface area contributed by atoms with Crippen LogP contribution >= 0.6 is 0 Å². The second kappa shape index (κ2) is 57.9. The maximum Gasteiger partial charge on any atom is 0.306 e. The standard InChI is InChI=1S/C63H114O6/c1-4-7-10-13-16-19-22-25-28-31-32-33-36-38-41-44-47-50-53-56-62(65)68-59-60(69-63(66)57-54-51-48-45-42-39-35-30-27-24-21-18-15-12-9-6-3)58-67-61(64)55-52-49-46-43-40-37-34-29-26-23-20-17-14-11-8-5-2/h16,19,22,25,30,35,39,42,60H,4-15,17-18,20-21,23-24,26-29,31-34,36-38,40-41,43-59H2,1-3H3/b19-16-,25-22-,35-30-,42-39-. The number of allylic oxidation sites excluding steroid dienone is 8. The second-order valence-electron chi connectivity index (χ2n) is 20.3. The van der Waals surface area contributed by atoms with Crippen molar-refractivity contribution < 1.29 is 28.6 Å². The number of carbonyl (C=O) groups excluding carboxylic acids is 3. The number of hydrogen-bond donors (Lipinski definition) is 0. The Kier molecular flexibility index (Phi) is 55.7. The molecule has 6 heteroatoms. The molecule has 0 aromatic heterocycles. The van der Waals surface area contributed by atoms with E-state index >= 15 is 0 Å². The number of ether oxygens (including phenoxy) is 3. The Hall–Kier alpha value is -2.63. The molecule has 0 aliphatic rings. The molecule has 0 N–H and O–H groups in total. The van der Waals surface area contributed by atoms with Crippen LogP contribution in [0.2, 0.25) is 0 Å². The molecule has 69 heavy (non-hydrogen) atoms. The van der Waals surface area contributed by atoms with Gasteiger partial charge in [0.1, 0.15) is 13.2 Å². The van der Waals surface area contributed by atoms with E-state index in [1.54, 1.807) is 0 Å². The van der Waals surface area contributed by atoms with E-state index in [1.807, 2.05) is 0 Å². The number of hydrogen-bond acceptors (Lipinski definition) is 6. The van der Waals surface area contributed by atoms with E-state index in [-0.39, 0.29) is 31.1 Å². The van der Waals surface area contributed by atoms with Gasteiger partial charge in [-0.25, -0.2) is 0 Å². The van der Waals surface area contributed by atoms with Gasteiger partial charge in [-0.15, -0.1) is 0 Å². The van der Waals surface area contributed by atoms with Gasteiger partial charge in [-0.1, -0.05) is 275 Å². The van der Waals surface area contributed by atoms with Crippen LogP contribution in [-0.4, -0.2) is 37.2 Å². The van der Waals surface area contributed by atoms with Gasteiger partial charge in [-0.05, 0) is 70.6 Å². The quantitative estimate of drug-likeness (QED) is 0.0262. The average Bonchev–Trinajstić information content (AvgIpc) is 3.35. The van der Waals surface area contributed by atoms with Crippen LogP contribution in [0.5, 0.6) is 0 Å². The molecule has 6 nitrogen and oxygen atoms in total. The first-order valence-electron chi connectivity index (χ1n) is 30.2. The van der Waals surface area contributed by atoms with Gasteiger partial charge in [0.25, 0.3) is 0 Å². The Balaban J connectivity index is 4.38. The van der Waals surface area contributed by atoms with Crippen molar-refractivity contribution in [2.45, 2.75) is 322 Å². The van der Waals surface area contributed by atoms with Gasteiger partial charge in [0, 0.05) is 19.3 Å². The van der Waals surface area contributed by atoms with E-state index in [1.165, 1.54) is 205 Å². The third-order valence-electron chi connectivity index (χ3n) is 13.4. The van der Waals surface area contributed by atoms with Crippen molar-refractivity contribution >= 4 is 17.9 Å². The zero-order chi connectivity index (χ0) is 50.0. The highest BCUT2D eigenvalue weighted by molar-refractivity contribution is 5.71. The minimum absolute atomic E-state index is 0.0815. The highest BCUT2D eigenvalue weighted by atomic mass is 16.6. The molecule has 0 spiro atoms. The molecular weight excluding hydrogens is 853 g/mol. The van der Waals surface area contributed by atoms with Crippen LogP contribution in [0.4, 0.5) is 0 Å². The van der Waals surface area contributed by atoms with Crippen molar-refractivity contribution in [3.05, 3.63) is 48.6 Å². The molecule has 0 saturated heterocycles. The molecule has 0 aliphatic carbocycles. The second-order valence-corrected chi connectivity index (χ2v) is 20.3. The minimum atomic E-state index is -0.786. The van der Waals surface area contributed by atoms with Crippen molar-refractivity contribution in [2.75, 3.05) is 13.2 Å². The monoisotopic (exact) mass is 967 g/mol. The Morgan fingerprint density at radius 2 is 0.507 bits per heavy atom. The van der Waals surface area contributed by atoms with Crippen LogP contribution in [0.1, 0.15) is 316 Å². The van der Waals surface area contributed by atoms with Crippen molar-refractivity contribution in [1.29, 1.82) is 0 Å². The maximum absolute atomic E-state index is 12.9. The Bertz CT molecular complexity index is 1200. The Morgan fingerprint density at radius 1 is 0.290 bits per heavy atom. The first-order valence-corrected chi connectivity index (χ1v) is 30.2. The minimum Gasteiger partial charge on any atom is -0.462 e. The summed E-state index contributed by atoms with van der Waals surface area (Å²) in [5, 5.41) is 0. The van der Waals surface area contributed by atoms with Crippen LogP contribution in [0, 0.1) is 0 Å². The molecule has 0 heterocycles. The lowest BCUT2D eigenvalue weighted by Gasteiger charge is -2.18. The maximum atomic E-state index is 12.9. The molecule has 0 rings (SSSR count). The number of carbonyl (C=O) groups is 3. The van der Waals surface area contributed by atoms with Gasteiger partial charge in [0.15, 0.2) is 6.10 Å². The van der Waals surface area contributed by atoms with Crippen molar-refractivity contribution in [3.8, 4) is 0 Å². The van der Waals surface area contributed by atoms with Crippen LogP contribution in [0.3, 0.4) is 0 Å². The fourth-order valence-electron chi connectivity index (χ4n) is 8.78. The molecule has 1 unspecified atom stereocenters. The zero-order valence-electron chi connectivity index (χ0n) is 46.1. The summed E-state index contributed by atoms with van der Waals surface area (Å²) in [5.74, 6) is -0.894. The first kappa shape index (κ1) is 66.4. The molecule has 0 amide bonds. The topological polar surface area (TPSA) is 78.9 Å². The average molecular weight is 968 g/mol. The molecule has 0 radical (unpaired) electrons. The van der Waals surface area contributed by atoms with E-state index in [2.05, 4.69) is 69.4 Å². The lowest BCUT2D eigenvalue weighted by Crippen LogP contribution is -2.30. The van der Waals surface area contributed by atoms with Crippen LogP contribution in [0.25, 0.3) is 0 Å². The molecule has 402 valence electrons. The third-order valence-corrected chi connectivity index (χ3v) is 13.4. The number of unbranched alkanes of at least 4 members (excludes halogenated alkanes) is 38. The molecular formula is C63H114O6. The van der Waals surface area contributed by atoms with Crippen molar-refractivity contribution in [3.63, 3.8) is 0 Å². The van der Waals surface area contributed by atoms with Crippen LogP contribution in [0.15, 0.2) is 48.6 Å². The highest BCUT2D eigenvalue weighted by Gasteiger charge is 2.19. The molecule has 1 atom stereocenters.